The Labute approximate surface area is 229 Å². The lowest BCUT2D eigenvalue weighted by atomic mass is 9.79. The minimum Gasteiger partial charge on any atom is -0.493 e. The Kier molecular flexibility index (Phi) is 8.00. The molecule has 2 atom stereocenters. The van der Waals surface area contributed by atoms with Crippen LogP contribution in [0.15, 0.2) is 103 Å². The van der Waals surface area contributed by atoms with E-state index in [1.165, 1.54) is 0 Å². The lowest BCUT2D eigenvalue weighted by molar-refractivity contribution is -0.135. The third kappa shape index (κ3) is 5.28. The first kappa shape index (κ1) is 26.5. The molecule has 5 rings (SSSR count). The normalized spacial score (nSPS) is 17.3. The van der Waals surface area contributed by atoms with Crippen LogP contribution in [0.3, 0.4) is 0 Å². The summed E-state index contributed by atoms with van der Waals surface area (Å²) >= 11 is 0. The smallest absolute Gasteiger partial charge is 0.242 e. The van der Waals surface area contributed by atoms with Crippen molar-refractivity contribution in [3.63, 3.8) is 0 Å². The molecule has 0 radical (unpaired) electrons. The second-order valence-corrected chi connectivity index (χ2v) is 9.71. The number of aliphatic hydroxyl groups excluding tert-OH is 1. The average Bonchev–Trinajstić information content (AvgIpc) is 3.63. The summed E-state index contributed by atoms with van der Waals surface area (Å²) in [6.45, 7) is 0.696. The molecule has 1 N–H and O–H groups in total. The van der Waals surface area contributed by atoms with Gasteiger partial charge in [-0.05, 0) is 35.7 Å². The van der Waals surface area contributed by atoms with Crippen LogP contribution < -0.4 is 9.47 Å². The maximum Gasteiger partial charge on any atom is 0.242 e. The van der Waals surface area contributed by atoms with Gasteiger partial charge >= 0.3 is 0 Å². The van der Waals surface area contributed by atoms with Crippen LogP contribution in [-0.2, 0) is 21.7 Å². The first-order chi connectivity index (χ1) is 19.1. The summed E-state index contributed by atoms with van der Waals surface area (Å²) in [5.74, 6) is 1.11. The number of likely N-dealkylation sites (tertiary alicyclic amines) is 1. The van der Waals surface area contributed by atoms with Gasteiger partial charge in [-0.15, -0.1) is 0 Å². The van der Waals surface area contributed by atoms with Gasteiger partial charge in [-0.1, -0.05) is 72.8 Å². The Morgan fingerprint density at radius 3 is 2.10 bits per heavy atom. The van der Waals surface area contributed by atoms with Gasteiger partial charge in [0.15, 0.2) is 11.5 Å². The van der Waals surface area contributed by atoms with Crippen molar-refractivity contribution in [3.8, 4) is 11.5 Å². The molecule has 1 aliphatic rings. The van der Waals surface area contributed by atoms with E-state index >= 15 is 0 Å². The molecule has 0 aliphatic carbocycles. The number of amides is 1. The molecule has 39 heavy (non-hydrogen) atoms. The molecule has 7 heteroatoms. The zero-order chi connectivity index (χ0) is 27.2. The number of carbonyl (C=O) groups excluding carboxylic acids is 1. The van der Waals surface area contributed by atoms with Crippen molar-refractivity contribution in [2.24, 2.45) is 0 Å². The van der Waals surface area contributed by atoms with Gasteiger partial charge < -0.3 is 28.8 Å². The number of methoxy groups -OCH3 is 2. The van der Waals surface area contributed by atoms with E-state index in [2.05, 4.69) is 0 Å². The summed E-state index contributed by atoms with van der Waals surface area (Å²) < 4.78 is 20.4. The molecule has 2 heterocycles. The Hall–Kier alpha value is -4.07. The van der Waals surface area contributed by atoms with Crippen LogP contribution in [0.1, 0.15) is 23.1 Å². The fraction of sp³-hybridized carbons (Fsp3) is 0.281. The van der Waals surface area contributed by atoms with Crippen molar-refractivity contribution in [3.05, 3.63) is 120 Å². The molecule has 1 aromatic heterocycles. The third-order valence-electron chi connectivity index (χ3n) is 7.33. The number of para-hydroxylation sites is 1. The molecule has 0 saturated carbocycles. The summed E-state index contributed by atoms with van der Waals surface area (Å²) in [5, 5.41) is 10.6. The van der Waals surface area contributed by atoms with Crippen molar-refractivity contribution in [2.75, 3.05) is 27.4 Å². The molecule has 202 valence electrons. The molecule has 1 aliphatic heterocycles. The first-order valence-electron chi connectivity index (χ1n) is 13.1. The van der Waals surface area contributed by atoms with E-state index < -0.39 is 11.7 Å². The van der Waals surface area contributed by atoms with Gasteiger partial charge in [-0.3, -0.25) is 4.79 Å². The molecule has 2 unspecified atom stereocenters. The number of hydrogen-bond acceptors (Lipinski definition) is 5. The van der Waals surface area contributed by atoms with Crippen LogP contribution in [0, 0.1) is 0 Å². The largest absolute Gasteiger partial charge is 0.493 e. The van der Waals surface area contributed by atoms with Crippen molar-refractivity contribution < 1.29 is 24.1 Å². The maximum absolute atomic E-state index is 13.3. The Morgan fingerprint density at radius 2 is 1.51 bits per heavy atom. The lowest BCUT2D eigenvalue weighted by Gasteiger charge is -2.38. The number of aliphatic hydroxyl groups is 1. The third-order valence-corrected chi connectivity index (χ3v) is 7.33. The van der Waals surface area contributed by atoms with Crippen LogP contribution in [0.4, 0.5) is 0 Å². The second kappa shape index (κ2) is 11.8. The first-order valence-corrected chi connectivity index (χ1v) is 13.1. The highest BCUT2D eigenvalue weighted by Gasteiger charge is 2.43. The van der Waals surface area contributed by atoms with Gasteiger partial charge in [0, 0.05) is 24.5 Å². The quantitative estimate of drug-likeness (QED) is 0.309. The van der Waals surface area contributed by atoms with Gasteiger partial charge in [0.05, 0.1) is 33.0 Å². The van der Waals surface area contributed by atoms with Gasteiger partial charge in [-0.2, -0.15) is 0 Å². The van der Waals surface area contributed by atoms with Crippen molar-refractivity contribution in [2.45, 2.75) is 30.7 Å². The molecule has 0 spiro atoms. The van der Waals surface area contributed by atoms with Crippen LogP contribution >= 0.6 is 0 Å². The van der Waals surface area contributed by atoms with Crippen LogP contribution in [0.25, 0.3) is 0 Å². The number of nitrogens with zero attached hydrogens (tertiary/aromatic N) is 2. The molecule has 1 fully saturated rings. The zero-order valence-corrected chi connectivity index (χ0v) is 22.3. The summed E-state index contributed by atoms with van der Waals surface area (Å²) in [4.78, 5) is 15.0. The number of rotatable bonds is 10. The zero-order valence-electron chi connectivity index (χ0n) is 22.3. The number of benzene rings is 3. The number of carbonyl (C=O) groups is 1. The molecular formula is C32H34N2O5. The van der Waals surface area contributed by atoms with E-state index in [0.29, 0.717) is 17.9 Å². The standard InChI is InChI=1S/C32H34N2O5/c1-37-29-17-11-16-28(31(29)38-2)32(24-12-5-3-6-13-24,25-14-7-4-8-15-25)39-23-26-20-27(35)21-34(26)30(36)22-33-18-9-10-19-33/h3-19,26-27,35H,20-23H2,1-2H3. The highest BCUT2D eigenvalue weighted by molar-refractivity contribution is 5.76. The molecule has 4 aromatic rings. The average molecular weight is 527 g/mol. The number of hydrogen-bond donors (Lipinski definition) is 1. The summed E-state index contributed by atoms with van der Waals surface area (Å²) in [6, 6.07) is 29.2. The fourth-order valence-electron chi connectivity index (χ4n) is 5.53. The molecule has 3 aromatic carbocycles. The van der Waals surface area contributed by atoms with Crippen molar-refractivity contribution in [1.82, 2.24) is 9.47 Å². The van der Waals surface area contributed by atoms with Gasteiger partial charge in [-0.25, -0.2) is 0 Å². The van der Waals surface area contributed by atoms with E-state index in [4.69, 9.17) is 14.2 Å². The molecule has 1 saturated heterocycles. The van der Waals surface area contributed by atoms with E-state index in [0.717, 1.165) is 16.7 Å². The Morgan fingerprint density at radius 1 is 0.872 bits per heavy atom. The number of β-amino-alcohol motifs (C(OH)–C–C–N with tert-alkyl or cyclic N) is 1. The van der Waals surface area contributed by atoms with Crippen LogP contribution in [0.5, 0.6) is 11.5 Å². The fourth-order valence-corrected chi connectivity index (χ4v) is 5.53. The highest BCUT2D eigenvalue weighted by Crippen LogP contribution is 2.47. The molecule has 7 nitrogen and oxygen atoms in total. The van der Waals surface area contributed by atoms with E-state index in [1.54, 1.807) is 19.1 Å². The lowest BCUT2D eigenvalue weighted by Crippen LogP contribution is -2.43. The second-order valence-electron chi connectivity index (χ2n) is 9.71. The predicted molar refractivity (Wildman–Crippen MR) is 149 cm³/mol. The highest BCUT2D eigenvalue weighted by atomic mass is 16.5. The van der Waals surface area contributed by atoms with Crippen LogP contribution in [-0.4, -0.2) is 60.0 Å². The molecule has 0 bridgehead atoms. The monoisotopic (exact) mass is 526 g/mol. The summed E-state index contributed by atoms with van der Waals surface area (Å²) in [6.07, 6.45) is 3.55. The minimum absolute atomic E-state index is 0.0552. The van der Waals surface area contributed by atoms with E-state index in [9.17, 15) is 9.90 Å². The Bertz CT molecular complexity index is 1320. The van der Waals surface area contributed by atoms with Gasteiger partial charge in [0.1, 0.15) is 12.1 Å². The molecular weight excluding hydrogens is 492 g/mol. The molecule has 1 amide bonds. The van der Waals surface area contributed by atoms with E-state index in [1.807, 2.05) is 108 Å². The minimum atomic E-state index is -1.08. The SMILES string of the molecule is COc1cccc(C(OCC2CC(O)CN2C(=O)Cn2cccc2)(c2ccccc2)c2ccccc2)c1OC. The van der Waals surface area contributed by atoms with Gasteiger partial charge in [0.2, 0.25) is 5.91 Å². The predicted octanol–water partition coefficient (Wildman–Crippen LogP) is 4.48. The maximum atomic E-state index is 13.3. The van der Waals surface area contributed by atoms with Gasteiger partial charge in [0.25, 0.3) is 0 Å². The summed E-state index contributed by atoms with van der Waals surface area (Å²) in [7, 11) is 3.24. The number of ether oxygens (including phenoxy) is 3. The van der Waals surface area contributed by atoms with Crippen molar-refractivity contribution >= 4 is 5.91 Å². The van der Waals surface area contributed by atoms with E-state index in [-0.39, 0.29) is 31.6 Å². The summed E-state index contributed by atoms with van der Waals surface area (Å²) in [5.41, 5.74) is 1.52. The van der Waals surface area contributed by atoms with Crippen molar-refractivity contribution in [1.29, 1.82) is 0 Å². The topological polar surface area (TPSA) is 73.2 Å². The van der Waals surface area contributed by atoms with Crippen LogP contribution in [0.2, 0.25) is 0 Å². The Balaban J connectivity index is 1.58. The number of aromatic nitrogens is 1.